The van der Waals surface area contributed by atoms with Crippen molar-refractivity contribution in [1.29, 1.82) is 0 Å². The fraction of sp³-hybridized carbons (Fsp3) is 0.368. The van der Waals surface area contributed by atoms with Crippen LogP contribution in [-0.4, -0.2) is 37.4 Å². The molecule has 8 nitrogen and oxygen atoms in total. The van der Waals surface area contributed by atoms with Gasteiger partial charge in [0.25, 0.3) is 10.1 Å². The number of nitrogens with zero attached hydrogens (tertiary/aromatic N) is 2. The first kappa shape index (κ1) is 21.6. The highest BCUT2D eigenvalue weighted by molar-refractivity contribution is 7.86. The van der Waals surface area contributed by atoms with Crippen molar-refractivity contribution >= 4 is 31.8 Å². The van der Waals surface area contributed by atoms with Crippen LogP contribution in [0.5, 0.6) is 0 Å². The fourth-order valence-electron chi connectivity index (χ4n) is 3.28. The molecule has 0 unspecified atom stereocenters. The first-order valence-electron chi connectivity index (χ1n) is 8.94. The molecule has 1 aromatic heterocycles. The lowest BCUT2D eigenvalue weighted by Crippen LogP contribution is -2.36. The van der Waals surface area contributed by atoms with Gasteiger partial charge in [0, 0.05) is 11.3 Å². The largest absolute Gasteiger partial charge is 0.748 e. The highest BCUT2D eigenvalue weighted by Crippen LogP contribution is 2.39. The van der Waals surface area contributed by atoms with E-state index in [1.54, 1.807) is 18.3 Å². The SMILES string of the molecule is CC1=Nc2c(cc(-c3ccc(S(=O)(=O)O)cc3)c[n+]2CCCS(=O)(=O)[O-])C1(C)C. The van der Waals surface area contributed by atoms with Gasteiger partial charge in [0.2, 0.25) is 0 Å². The minimum Gasteiger partial charge on any atom is -0.748 e. The molecule has 1 aliphatic rings. The zero-order chi connectivity index (χ0) is 21.6. The number of pyridine rings is 1. The van der Waals surface area contributed by atoms with Gasteiger partial charge in [-0.05, 0) is 55.9 Å². The predicted molar refractivity (Wildman–Crippen MR) is 107 cm³/mol. The molecule has 3 rings (SSSR count). The number of hydrogen-bond donors (Lipinski definition) is 1. The summed E-state index contributed by atoms with van der Waals surface area (Å²) < 4.78 is 66.4. The van der Waals surface area contributed by atoms with E-state index < -0.39 is 26.0 Å². The van der Waals surface area contributed by atoms with Crippen LogP contribution in [0.15, 0.2) is 46.4 Å². The van der Waals surface area contributed by atoms with Crippen LogP contribution in [0.2, 0.25) is 0 Å². The zero-order valence-electron chi connectivity index (χ0n) is 16.3. The van der Waals surface area contributed by atoms with Crippen molar-refractivity contribution in [2.45, 2.75) is 44.0 Å². The van der Waals surface area contributed by atoms with E-state index in [0.717, 1.165) is 22.4 Å². The van der Waals surface area contributed by atoms with Crippen molar-refractivity contribution in [3.63, 3.8) is 0 Å². The molecule has 0 saturated heterocycles. The summed E-state index contributed by atoms with van der Waals surface area (Å²) in [7, 11) is -8.58. The van der Waals surface area contributed by atoms with Gasteiger partial charge in [0.1, 0.15) is 5.71 Å². The van der Waals surface area contributed by atoms with Crippen molar-refractivity contribution in [3.8, 4) is 11.1 Å². The summed E-state index contributed by atoms with van der Waals surface area (Å²) in [6.07, 6.45) is 1.96. The molecule has 1 N–H and O–H groups in total. The lowest BCUT2D eigenvalue weighted by molar-refractivity contribution is -0.683. The van der Waals surface area contributed by atoms with E-state index >= 15 is 0 Å². The van der Waals surface area contributed by atoms with Crippen LogP contribution in [0.4, 0.5) is 5.82 Å². The highest BCUT2D eigenvalue weighted by atomic mass is 32.2. The minimum atomic E-state index is -4.30. The minimum absolute atomic E-state index is 0.156. The third-order valence-electron chi connectivity index (χ3n) is 5.24. The molecule has 10 heteroatoms. The quantitative estimate of drug-likeness (QED) is 0.544. The van der Waals surface area contributed by atoms with Gasteiger partial charge in [-0.3, -0.25) is 4.55 Å². The van der Waals surface area contributed by atoms with Gasteiger partial charge in [-0.1, -0.05) is 12.1 Å². The smallest absolute Gasteiger partial charge is 0.327 e. The molecule has 156 valence electrons. The number of aromatic nitrogens is 1. The molecule has 2 heterocycles. The number of hydrogen-bond acceptors (Lipinski definition) is 6. The Labute approximate surface area is 170 Å². The van der Waals surface area contributed by atoms with Gasteiger partial charge < -0.3 is 4.55 Å². The van der Waals surface area contributed by atoms with Crippen molar-refractivity contribution in [3.05, 3.63) is 42.1 Å². The number of aliphatic imine (C=N–C) groups is 1. The Hall–Kier alpha value is -2.14. The van der Waals surface area contributed by atoms with E-state index in [4.69, 9.17) is 4.55 Å². The first-order valence-corrected chi connectivity index (χ1v) is 12.0. The van der Waals surface area contributed by atoms with Gasteiger partial charge in [-0.15, -0.1) is 0 Å². The molecule has 0 amide bonds. The topological polar surface area (TPSA) is 128 Å². The molecule has 0 saturated carbocycles. The molecule has 0 bridgehead atoms. The molecular weight excluding hydrogens is 416 g/mol. The lowest BCUT2D eigenvalue weighted by atomic mass is 9.82. The first-order chi connectivity index (χ1) is 13.3. The molecular formula is C19H22N2O6S2. The second kappa shape index (κ2) is 7.28. The maximum absolute atomic E-state index is 11.3. The summed E-state index contributed by atoms with van der Waals surface area (Å²) in [6, 6.07) is 7.79. The van der Waals surface area contributed by atoms with Gasteiger partial charge in [0.15, 0.2) is 0 Å². The second-order valence-electron chi connectivity index (χ2n) is 7.60. The van der Waals surface area contributed by atoms with E-state index in [1.165, 1.54) is 12.1 Å². The maximum Gasteiger partial charge on any atom is 0.327 e. The van der Waals surface area contributed by atoms with Crippen LogP contribution in [0.25, 0.3) is 11.1 Å². The molecule has 29 heavy (non-hydrogen) atoms. The maximum atomic E-state index is 11.3. The molecule has 0 atom stereocenters. The Morgan fingerprint density at radius 3 is 2.28 bits per heavy atom. The van der Waals surface area contributed by atoms with E-state index in [2.05, 4.69) is 4.99 Å². The number of benzene rings is 1. The van der Waals surface area contributed by atoms with E-state index in [9.17, 15) is 21.4 Å². The van der Waals surface area contributed by atoms with Gasteiger partial charge in [0.05, 0.1) is 38.7 Å². The van der Waals surface area contributed by atoms with Crippen LogP contribution in [-0.2, 0) is 32.2 Å². The van der Waals surface area contributed by atoms with Crippen molar-refractivity contribution < 1.29 is 30.5 Å². The molecule has 2 aromatic rings. The fourth-order valence-corrected chi connectivity index (χ4v) is 4.24. The Morgan fingerprint density at radius 1 is 1.10 bits per heavy atom. The van der Waals surface area contributed by atoms with Crippen LogP contribution >= 0.6 is 0 Å². The van der Waals surface area contributed by atoms with Crippen LogP contribution in [0, 0.1) is 0 Å². The third-order valence-corrected chi connectivity index (χ3v) is 6.89. The van der Waals surface area contributed by atoms with Crippen molar-refractivity contribution in [2.24, 2.45) is 4.99 Å². The van der Waals surface area contributed by atoms with Gasteiger partial charge in [-0.2, -0.15) is 8.42 Å². The summed E-state index contributed by atoms with van der Waals surface area (Å²) in [5, 5.41) is 0. The van der Waals surface area contributed by atoms with Crippen LogP contribution < -0.4 is 4.57 Å². The normalized spacial score (nSPS) is 15.8. The third kappa shape index (κ3) is 4.55. The van der Waals surface area contributed by atoms with Gasteiger partial charge in [-0.25, -0.2) is 13.0 Å². The average molecular weight is 439 g/mol. The number of aryl methyl sites for hydroxylation is 1. The van der Waals surface area contributed by atoms with Crippen molar-refractivity contribution in [1.82, 2.24) is 0 Å². The van der Waals surface area contributed by atoms with Crippen LogP contribution in [0.1, 0.15) is 32.8 Å². The summed E-state index contributed by atoms with van der Waals surface area (Å²) in [5.41, 5.74) is 3.05. The molecule has 1 aliphatic heterocycles. The Bertz CT molecular complexity index is 1200. The highest BCUT2D eigenvalue weighted by Gasteiger charge is 2.41. The zero-order valence-corrected chi connectivity index (χ0v) is 17.9. The summed E-state index contributed by atoms with van der Waals surface area (Å²) in [5.74, 6) is 0.253. The van der Waals surface area contributed by atoms with Crippen LogP contribution in [0.3, 0.4) is 0 Å². The summed E-state index contributed by atoms with van der Waals surface area (Å²) in [6.45, 7) is 6.30. The Morgan fingerprint density at radius 2 is 1.72 bits per heavy atom. The standard InChI is InChI=1S/C19H22N2O6S2/c1-13-19(2,3)17-11-15(14-5-7-16(8-6-14)29(25,26)27)12-21(18(17)20-13)9-4-10-28(22,23)24/h5-8,11-12H,4,9-10H2,1-3H3,(H-,22,23,24,25,26,27). The molecule has 0 spiro atoms. The van der Waals surface area contributed by atoms with Gasteiger partial charge >= 0.3 is 5.82 Å². The molecule has 1 aromatic carbocycles. The predicted octanol–water partition coefficient (Wildman–Crippen LogP) is 2.21. The second-order valence-corrected chi connectivity index (χ2v) is 10.5. The van der Waals surface area contributed by atoms with E-state index in [1.807, 2.05) is 31.4 Å². The molecule has 0 aliphatic carbocycles. The average Bonchev–Trinajstić information content (AvgIpc) is 2.83. The van der Waals surface area contributed by atoms with E-state index in [-0.39, 0.29) is 16.7 Å². The Balaban J connectivity index is 2.06. The van der Waals surface area contributed by atoms with Crippen molar-refractivity contribution in [2.75, 3.05) is 5.75 Å². The number of fused-ring (bicyclic) bond motifs is 1. The Kier molecular flexibility index (Phi) is 5.41. The number of rotatable bonds is 6. The summed E-state index contributed by atoms with van der Waals surface area (Å²) >= 11 is 0. The van der Waals surface area contributed by atoms with E-state index in [0.29, 0.717) is 12.4 Å². The lowest BCUT2D eigenvalue weighted by Gasteiger charge is -2.17. The monoisotopic (exact) mass is 438 g/mol. The molecule has 0 fully saturated rings. The molecule has 0 radical (unpaired) electrons. The summed E-state index contributed by atoms with van der Waals surface area (Å²) in [4.78, 5) is 4.44.